The summed E-state index contributed by atoms with van der Waals surface area (Å²) >= 11 is 0. The molecule has 0 bridgehead atoms. The molecule has 1 unspecified atom stereocenters. The van der Waals surface area contributed by atoms with Gasteiger partial charge in [0.1, 0.15) is 5.60 Å². The van der Waals surface area contributed by atoms with Crippen molar-refractivity contribution in [2.45, 2.75) is 37.7 Å². The van der Waals surface area contributed by atoms with Crippen LogP contribution in [-0.2, 0) is 4.79 Å². The number of amides is 1. The molecule has 0 aromatic heterocycles. The van der Waals surface area contributed by atoms with Gasteiger partial charge < -0.3 is 15.3 Å². The Morgan fingerprint density at radius 1 is 1.29 bits per heavy atom. The maximum absolute atomic E-state index is 12.1. The van der Waals surface area contributed by atoms with Gasteiger partial charge in [0.05, 0.1) is 0 Å². The quantitative estimate of drug-likeness (QED) is 0.890. The van der Waals surface area contributed by atoms with Crippen LogP contribution in [0.4, 0.5) is 5.69 Å². The molecule has 1 aliphatic carbocycles. The van der Waals surface area contributed by atoms with Crippen molar-refractivity contribution in [1.82, 2.24) is 5.32 Å². The Morgan fingerprint density at radius 2 is 2.00 bits per heavy atom. The summed E-state index contributed by atoms with van der Waals surface area (Å²) in [5, 5.41) is 13.2. The number of benzene rings is 1. The highest BCUT2D eigenvalue weighted by Gasteiger charge is 2.39. The van der Waals surface area contributed by atoms with Crippen LogP contribution in [0.15, 0.2) is 30.3 Å². The zero-order valence-electron chi connectivity index (χ0n) is 12.4. The first kappa shape index (κ1) is 14.4. The highest BCUT2D eigenvalue weighted by molar-refractivity contribution is 5.85. The smallest absolute Gasteiger partial charge is 0.251 e. The van der Waals surface area contributed by atoms with Crippen LogP contribution in [-0.4, -0.2) is 36.2 Å². The summed E-state index contributed by atoms with van der Waals surface area (Å²) in [6.45, 7) is 2.68. The molecule has 0 radical (unpaired) electrons. The molecule has 114 valence electrons. The van der Waals surface area contributed by atoms with Gasteiger partial charge in [-0.25, -0.2) is 0 Å². The summed E-state index contributed by atoms with van der Waals surface area (Å²) < 4.78 is 0. The van der Waals surface area contributed by atoms with Crippen LogP contribution in [0.1, 0.15) is 32.1 Å². The molecule has 4 nitrogen and oxygen atoms in total. The van der Waals surface area contributed by atoms with E-state index in [0.717, 1.165) is 32.4 Å². The van der Waals surface area contributed by atoms with Crippen LogP contribution < -0.4 is 10.2 Å². The van der Waals surface area contributed by atoms with Crippen LogP contribution in [0, 0.1) is 5.92 Å². The van der Waals surface area contributed by atoms with E-state index in [1.165, 1.54) is 5.69 Å². The Hall–Kier alpha value is -1.55. The maximum atomic E-state index is 12.1. The summed E-state index contributed by atoms with van der Waals surface area (Å²) in [6.07, 6.45) is 4.22. The van der Waals surface area contributed by atoms with E-state index in [9.17, 15) is 9.90 Å². The second-order valence-electron chi connectivity index (χ2n) is 6.38. The molecule has 4 heteroatoms. The first-order chi connectivity index (χ1) is 10.2. The molecule has 1 saturated carbocycles. The highest BCUT2D eigenvalue weighted by atomic mass is 16.3. The fourth-order valence-corrected chi connectivity index (χ4v) is 3.46. The van der Waals surface area contributed by atoms with Crippen molar-refractivity contribution in [2.24, 2.45) is 5.92 Å². The molecule has 1 aliphatic heterocycles. The summed E-state index contributed by atoms with van der Waals surface area (Å²) in [4.78, 5) is 14.5. The average Bonchev–Trinajstić information content (AvgIpc) is 3.15. The molecule has 1 atom stereocenters. The minimum atomic E-state index is -1.10. The number of hydrogen-bond acceptors (Lipinski definition) is 3. The van der Waals surface area contributed by atoms with E-state index in [-0.39, 0.29) is 5.91 Å². The van der Waals surface area contributed by atoms with Crippen LogP contribution in [0.2, 0.25) is 0 Å². The van der Waals surface area contributed by atoms with Gasteiger partial charge in [0.2, 0.25) is 0 Å². The van der Waals surface area contributed by atoms with Crippen LogP contribution in [0.3, 0.4) is 0 Å². The number of carbonyl (C=O) groups excluding carboxylic acids is 1. The van der Waals surface area contributed by atoms with Gasteiger partial charge in [-0.1, -0.05) is 18.2 Å². The fraction of sp³-hybridized carbons (Fsp3) is 0.588. The topological polar surface area (TPSA) is 52.6 Å². The zero-order chi connectivity index (χ0) is 14.7. The third-order valence-electron chi connectivity index (χ3n) is 4.81. The van der Waals surface area contributed by atoms with Gasteiger partial charge in [-0.15, -0.1) is 0 Å². The van der Waals surface area contributed by atoms with E-state index >= 15 is 0 Å². The summed E-state index contributed by atoms with van der Waals surface area (Å²) in [5.41, 5.74) is 0.151. The zero-order valence-corrected chi connectivity index (χ0v) is 12.4. The van der Waals surface area contributed by atoms with Crippen molar-refractivity contribution in [3.63, 3.8) is 0 Å². The first-order valence-electron chi connectivity index (χ1n) is 7.98. The number of aliphatic hydroxyl groups is 1. The molecule has 2 N–H and O–H groups in total. The largest absolute Gasteiger partial charge is 0.380 e. The monoisotopic (exact) mass is 288 g/mol. The van der Waals surface area contributed by atoms with Gasteiger partial charge in [-0.3, -0.25) is 4.79 Å². The van der Waals surface area contributed by atoms with Gasteiger partial charge in [0.15, 0.2) is 0 Å². The molecule has 21 heavy (non-hydrogen) atoms. The van der Waals surface area contributed by atoms with Crippen molar-refractivity contribution >= 4 is 11.6 Å². The van der Waals surface area contributed by atoms with E-state index in [4.69, 9.17) is 0 Å². The van der Waals surface area contributed by atoms with Gasteiger partial charge >= 0.3 is 0 Å². The summed E-state index contributed by atoms with van der Waals surface area (Å²) in [6, 6.07) is 10.4. The van der Waals surface area contributed by atoms with Crippen molar-refractivity contribution in [3.8, 4) is 0 Å². The number of carbonyl (C=O) groups is 1. The molecule has 0 spiro atoms. The molecule has 1 aromatic rings. The molecule has 1 amide bonds. The third-order valence-corrected chi connectivity index (χ3v) is 4.81. The second kappa shape index (κ2) is 6.06. The normalized spacial score (nSPS) is 24.2. The SMILES string of the molecule is O=C(NCC1CCN(c2ccccc2)C1)C1(O)CCCC1. The average molecular weight is 288 g/mol. The molecule has 1 saturated heterocycles. The Bertz CT molecular complexity index is 483. The van der Waals surface area contributed by atoms with Gasteiger partial charge in [0, 0.05) is 25.3 Å². The lowest BCUT2D eigenvalue weighted by molar-refractivity contribution is -0.139. The predicted molar refractivity (Wildman–Crippen MR) is 83.2 cm³/mol. The molecular weight excluding hydrogens is 264 g/mol. The fourth-order valence-electron chi connectivity index (χ4n) is 3.46. The Labute approximate surface area is 126 Å². The standard InChI is InChI=1S/C17H24N2O2/c20-16(17(21)9-4-5-10-17)18-12-14-8-11-19(13-14)15-6-2-1-3-7-15/h1-3,6-7,14,21H,4-5,8-13H2,(H,18,20). The van der Waals surface area contributed by atoms with E-state index in [1.807, 2.05) is 6.07 Å². The van der Waals surface area contributed by atoms with Crippen molar-refractivity contribution in [1.29, 1.82) is 0 Å². The number of nitrogens with zero attached hydrogens (tertiary/aromatic N) is 1. The Kier molecular flexibility index (Phi) is 4.15. The molecular formula is C17H24N2O2. The van der Waals surface area contributed by atoms with Crippen LogP contribution >= 0.6 is 0 Å². The van der Waals surface area contributed by atoms with E-state index in [0.29, 0.717) is 25.3 Å². The number of para-hydroxylation sites is 1. The van der Waals surface area contributed by atoms with Gasteiger partial charge in [-0.05, 0) is 50.2 Å². The first-order valence-corrected chi connectivity index (χ1v) is 7.98. The predicted octanol–water partition coefficient (Wildman–Crippen LogP) is 1.93. The van der Waals surface area contributed by atoms with Crippen molar-refractivity contribution in [2.75, 3.05) is 24.5 Å². The highest BCUT2D eigenvalue weighted by Crippen LogP contribution is 2.29. The Balaban J connectivity index is 1.48. The lowest BCUT2D eigenvalue weighted by atomic mass is 10.0. The third kappa shape index (κ3) is 3.21. The lowest BCUT2D eigenvalue weighted by Gasteiger charge is -2.22. The van der Waals surface area contributed by atoms with Gasteiger partial charge in [-0.2, -0.15) is 0 Å². The van der Waals surface area contributed by atoms with Crippen molar-refractivity contribution in [3.05, 3.63) is 30.3 Å². The molecule has 2 aliphatic rings. The summed E-state index contributed by atoms with van der Waals surface area (Å²) in [7, 11) is 0. The number of nitrogens with one attached hydrogen (secondary N) is 1. The minimum absolute atomic E-state index is 0.168. The van der Waals surface area contributed by atoms with Crippen LogP contribution in [0.25, 0.3) is 0 Å². The molecule has 2 fully saturated rings. The second-order valence-corrected chi connectivity index (χ2v) is 6.38. The lowest BCUT2D eigenvalue weighted by Crippen LogP contribution is -2.46. The van der Waals surface area contributed by atoms with Gasteiger partial charge in [0.25, 0.3) is 5.91 Å². The Morgan fingerprint density at radius 3 is 2.71 bits per heavy atom. The number of anilines is 1. The molecule has 1 heterocycles. The maximum Gasteiger partial charge on any atom is 0.251 e. The molecule has 3 rings (SSSR count). The number of hydrogen-bond donors (Lipinski definition) is 2. The van der Waals surface area contributed by atoms with E-state index in [1.54, 1.807) is 0 Å². The van der Waals surface area contributed by atoms with Crippen LogP contribution in [0.5, 0.6) is 0 Å². The van der Waals surface area contributed by atoms with E-state index in [2.05, 4.69) is 34.5 Å². The number of rotatable bonds is 4. The molecule has 1 aromatic carbocycles. The van der Waals surface area contributed by atoms with Crippen molar-refractivity contribution < 1.29 is 9.90 Å². The van der Waals surface area contributed by atoms with E-state index < -0.39 is 5.60 Å². The minimum Gasteiger partial charge on any atom is -0.380 e. The summed E-state index contributed by atoms with van der Waals surface area (Å²) in [5.74, 6) is 0.303.